The number of nitrogens with two attached hydrogens (primary N) is 1. The van der Waals surface area contributed by atoms with Gasteiger partial charge in [-0.3, -0.25) is 0 Å². The van der Waals surface area contributed by atoms with Crippen molar-refractivity contribution in [2.24, 2.45) is 0 Å². The van der Waals surface area contributed by atoms with Crippen molar-refractivity contribution in [3.63, 3.8) is 0 Å². The van der Waals surface area contributed by atoms with E-state index in [1.165, 1.54) is 6.07 Å². The second kappa shape index (κ2) is 5.32. The summed E-state index contributed by atoms with van der Waals surface area (Å²) >= 11 is 1.56. The van der Waals surface area contributed by atoms with E-state index in [2.05, 4.69) is 4.72 Å². The summed E-state index contributed by atoms with van der Waals surface area (Å²) in [5.74, 6) is 0. The molecule has 2 aromatic rings. The zero-order valence-electron chi connectivity index (χ0n) is 10.8. The Morgan fingerprint density at radius 1 is 1.26 bits per heavy atom. The Morgan fingerprint density at radius 3 is 2.58 bits per heavy atom. The minimum absolute atomic E-state index is 0.131. The van der Waals surface area contributed by atoms with Crippen LogP contribution in [0.15, 0.2) is 33.9 Å². The SMILES string of the molecule is Cc1ccc(S(=O)(=O)NCc2cscc2C)c(N)c1. The van der Waals surface area contributed by atoms with Gasteiger partial charge in [-0.1, -0.05) is 6.07 Å². The van der Waals surface area contributed by atoms with E-state index in [1.807, 2.05) is 24.6 Å². The third-order valence-corrected chi connectivity index (χ3v) is 5.25. The van der Waals surface area contributed by atoms with Crippen LogP contribution in [-0.4, -0.2) is 8.42 Å². The molecule has 6 heteroatoms. The average Bonchev–Trinajstić information content (AvgIpc) is 2.72. The van der Waals surface area contributed by atoms with Crippen molar-refractivity contribution in [3.8, 4) is 0 Å². The molecule has 1 heterocycles. The number of sulfonamides is 1. The van der Waals surface area contributed by atoms with Crippen molar-refractivity contribution in [1.82, 2.24) is 4.72 Å². The molecule has 0 aliphatic heterocycles. The fraction of sp³-hybridized carbons (Fsp3) is 0.231. The quantitative estimate of drug-likeness (QED) is 0.851. The fourth-order valence-electron chi connectivity index (χ4n) is 1.73. The monoisotopic (exact) mass is 296 g/mol. The molecule has 0 atom stereocenters. The summed E-state index contributed by atoms with van der Waals surface area (Å²) in [5, 5.41) is 3.93. The van der Waals surface area contributed by atoms with E-state index >= 15 is 0 Å². The molecule has 0 bridgehead atoms. The highest BCUT2D eigenvalue weighted by atomic mass is 32.2. The molecule has 19 heavy (non-hydrogen) atoms. The van der Waals surface area contributed by atoms with Crippen LogP contribution in [0.25, 0.3) is 0 Å². The third kappa shape index (κ3) is 3.15. The molecule has 0 aliphatic carbocycles. The molecule has 0 radical (unpaired) electrons. The van der Waals surface area contributed by atoms with Gasteiger partial charge in [0.05, 0.1) is 5.69 Å². The van der Waals surface area contributed by atoms with Gasteiger partial charge in [0.1, 0.15) is 4.90 Å². The van der Waals surface area contributed by atoms with Crippen molar-refractivity contribution in [2.45, 2.75) is 25.3 Å². The van der Waals surface area contributed by atoms with E-state index in [-0.39, 0.29) is 17.1 Å². The van der Waals surface area contributed by atoms with Crippen molar-refractivity contribution >= 4 is 27.0 Å². The number of hydrogen-bond donors (Lipinski definition) is 2. The molecule has 0 spiro atoms. The van der Waals surface area contributed by atoms with E-state index in [0.29, 0.717) is 0 Å². The minimum atomic E-state index is -3.57. The van der Waals surface area contributed by atoms with E-state index < -0.39 is 10.0 Å². The molecule has 3 N–H and O–H groups in total. The van der Waals surface area contributed by atoms with E-state index in [1.54, 1.807) is 23.5 Å². The second-order valence-electron chi connectivity index (χ2n) is 4.45. The second-order valence-corrected chi connectivity index (χ2v) is 6.92. The molecular formula is C13H16N2O2S2. The number of nitrogens with one attached hydrogen (secondary N) is 1. The summed E-state index contributed by atoms with van der Waals surface area (Å²) in [5.41, 5.74) is 9.05. The van der Waals surface area contributed by atoms with Crippen LogP contribution in [0.2, 0.25) is 0 Å². The van der Waals surface area contributed by atoms with Crippen molar-refractivity contribution < 1.29 is 8.42 Å². The first-order chi connectivity index (χ1) is 8.90. The van der Waals surface area contributed by atoms with Gasteiger partial charge in [0.15, 0.2) is 0 Å². The third-order valence-electron chi connectivity index (χ3n) is 2.87. The maximum Gasteiger partial charge on any atom is 0.242 e. The molecule has 0 fully saturated rings. The number of anilines is 1. The van der Waals surface area contributed by atoms with Gasteiger partial charge in [-0.05, 0) is 53.4 Å². The zero-order chi connectivity index (χ0) is 14.0. The molecule has 0 unspecified atom stereocenters. The standard InChI is InChI=1S/C13H16N2O2S2/c1-9-3-4-13(12(14)5-9)19(16,17)15-6-11-8-18-7-10(11)2/h3-5,7-8,15H,6,14H2,1-2H3. The molecule has 0 saturated heterocycles. The maximum absolute atomic E-state index is 12.2. The molecule has 2 rings (SSSR count). The smallest absolute Gasteiger partial charge is 0.242 e. The number of aryl methyl sites for hydroxylation is 2. The number of benzene rings is 1. The number of nitrogen functional groups attached to an aromatic ring is 1. The molecule has 1 aromatic heterocycles. The highest BCUT2D eigenvalue weighted by Crippen LogP contribution is 2.20. The van der Waals surface area contributed by atoms with Crippen molar-refractivity contribution in [3.05, 3.63) is 45.6 Å². The molecule has 0 amide bonds. The van der Waals surface area contributed by atoms with Gasteiger partial charge in [-0.15, -0.1) is 0 Å². The predicted molar refractivity (Wildman–Crippen MR) is 78.7 cm³/mol. The molecule has 102 valence electrons. The highest BCUT2D eigenvalue weighted by molar-refractivity contribution is 7.89. The molecule has 0 aliphatic rings. The Bertz CT molecular complexity index is 690. The van der Waals surface area contributed by atoms with E-state index in [9.17, 15) is 8.42 Å². The molecule has 4 nitrogen and oxygen atoms in total. The molecule has 0 saturated carbocycles. The number of thiophene rings is 1. The van der Waals surface area contributed by atoms with Crippen LogP contribution in [0.1, 0.15) is 16.7 Å². The summed E-state index contributed by atoms with van der Waals surface area (Å²) in [6.07, 6.45) is 0. The lowest BCUT2D eigenvalue weighted by Gasteiger charge is -2.09. The summed E-state index contributed by atoms with van der Waals surface area (Å²) in [4.78, 5) is 0.131. The van der Waals surface area contributed by atoms with Crippen LogP contribution < -0.4 is 10.5 Å². The van der Waals surface area contributed by atoms with Crippen LogP contribution in [0.5, 0.6) is 0 Å². The van der Waals surface area contributed by atoms with E-state index in [4.69, 9.17) is 5.73 Å². The summed E-state index contributed by atoms with van der Waals surface area (Å²) in [6, 6.07) is 4.93. The lowest BCUT2D eigenvalue weighted by molar-refractivity contribution is 0.581. The fourth-order valence-corrected chi connectivity index (χ4v) is 3.71. The van der Waals surface area contributed by atoms with Gasteiger partial charge in [0.2, 0.25) is 10.0 Å². The predicted octanol–water partition coefficient (Wildman–Crippen LogP) is 2.43. The van der Waals surface area contributed by atoms with Crippen LogP contribution in [-0.2, 0) is 16.6 Å². The largest absolute Gasteiger partial charge is 0.398 e. The maximum atomic E-state index is 12.2. The average molecular weight is 296 g/mol. The first-order valence-corrected chi connectivity index (χ1v) is 8.20. The topological polar surface area (TPSA) is 72.2 Å². The Labute approximate surface area is 117 Å². The van der Waals surface area contributed by atoms with Crippen LogP contribution in [0, 0.1) is 13.8 Å². The Morgan fingerprint density at radius 2 is 2.00 bits per heavy atom. The first-order valence-electron chi connectivity index (χ1n) is 5.77. The number of rotatable bonds is 4. The van der Waals surface area contributed by atoms with Gasteiger partial charge in [0, 0.05) is 6.54 Å². The van der Waals surface area contributed by atoms with Gasteiger partial charge in [-0.2, -0.15) is 11.3 Å². The summed E-state index contributed by atoms with van der Waals surface area (Å²) in [7, 11) is -3.57. The lowest BCUT2D eigenvalue weighted by atomic mass is 10.2. The summed E-state index contributed by atoms with van der Waals surface area (Å²) in [6.45, 7) is 4.11. The Hall–Kier alpha value is -1.37. The van der Waals surface area contributed by atoms with Crippen LogP contribution in [0.3, 0.4) is 0 Å². The first kappa shape index (κ1) is 14.0. The van der Waals surface area contributed by atoms with E-state index in [0.717, 1.165) is 16.7 Å². The van der Waals surface area contributed by atoms with Gasteiger partial charge in [0.25, 0.3) is 0 Å². The number of hydrogen-bond acceptors (Lipinski definition) is 4. The Kier molecular flexibility index (Phi) is 3.93. The normalized spacial score (nSPS) is 11.7. The summed E-state index contributed by atoms with van der Waals surface area (Å²) < 4.78 is 26.9. The molecule has 1 aromatic carbocycles. The highest BCUT2D eigenvalue weighted by Gasteiger charge is 2.17. The van der Waals surface area contributed by atoms with Crippen LogP contribution >= 0.6 is 11.3 Å². The van der Waals surface area contributed by atoms with Crippen molar-refractivity contribution in [1.29, 1.82) is 0 Å². The zero-order valence-corrected chi connectivity index (χ0v) is 12.4. The minimum Gasteiger partial charge on any atom is -0.398 e. The van der Waals surface area contributed by atoms with Gasteiger partial charge in [-0.25, -0.2) is 13.1 Å². The van der Waals surface area contributed by atoms with Crippen LogP contribution in [0.4, 0.5) is 5.69 Å². The van der Waals surface area contributed by atoms with Gasteiger partial charge < -0.3 is 5.73 Å². The molecular weight excluding hydrogens is 280 g/mol. The Balaban J connectivity index is 2.21. The lowest BCUT2D eigenvalue weighted by Crippen LogP contribution is -2.24. The van der Waals surface area contributed by atoms with Gasteiger partial charge >= 0.3 is 0 Å². The van der Waals surface area contributed by atoms with Crippen molar-refractivity contribution in [2.75, 3.05) is 5.73 Å².